The highest BCUT2D eigenvalue weighted by atomic mass is 15.1. The van der Waals surface area contributed by atoms with Gasteiger partial charge in [0.2, 0.25) is 0 Å². The summed E-state index contributed by atoms with van der Waals surface area (Å²) in [7, 11) is 0. The molecule has 0 radical (unpaired) electrons. The van der Waals surface area contributed by atoms with Gasteiger partial charge in [-0.25, -0.2) is 4.98 Å². The normalized spacial score (nSPS) is 12.8. The van der Waals surface area contributed by atoms with Crippen LogP contribution in [-0.2, 0) is 5.41 Å². The number of hydrogen-bond acceptors (Lipinski definition) is 2. The van der Waals surface area contributed by atoms with Gasteiger partial charge in [0.1, 0.15) is 5.82 Å². The maximum absolute atomic E-state index is 4.98. The Morgan fingerprint density at radius 2 is 1.02 bits per heavy atom. The van der Waals surface area contributed by atoms with E-state index in [1.54, 1.807) is 0 Å². The molecule has 0 spiro atoms. The predicted octanol–water partition coefficient (Wildman–Crippen LogP) is 15.3. The number of benzene rings is 8. The van der Waals surface area contributed by atoms with E-state index in [9.17, 15) is 0 Å². The van der Waals surface area contributed by atoms with Crippen molar-refractivity contribution in [2.24, 2.45) is 0 Å². The van der Waals surface area contributed by atoms with Crippen LogP contribution in [0.25, 0.3) is 68.0 Å². The molecule has 1 aliphatic carbocycles. The standard InChI is InChI=1S/C56H45N3/c1-3-56(4-2)51-36-40(28-33-47(51)48-35-32-46(38-52(48)56)59(44-18-10-6-11-19-44)45-20-12-7-13-21-45)25-24-39-26-29-42(30-27-39)50-37-43(41-16-8-5-9-17-41)31-34-49(50)55-57-53-22-14-15-23-54(53)58-55/h5-38H,3-4H2,1-2H3,(H,57,58)/b25-24+. The van der Waals surface area contributed by atoms with Crippen molar-refractivity contribution in [2.75, 3.05) is 4.90 Å². The van der Waals surface area contributed by atoms with Crippen molar-refractivity contribution in [3.05, 3.63) is 216 Å². The first-order valence-electron chi connectivity index (χ1n) is 20.7. The molecule has 0 amide bonds. The third-order valence-electron chi connectivity index (χ3n) is 12.3. The number of rotatable bonds is 10. The molecule has 0 atom stereocenters. The van der Waals surface area contributed by atoms with Gasteiger partial charge >= 0.3 is 0 Å². The Hall–Kier alpha value is -7.23. The molecule has 284 valence electrons. The van der Waals surface area contributed by atoms with Crippen LogP contribution in [0.2, 0.25) is 0 Å². The number of imidazole rings is 1. The van der Waals surface area contributed by atoms with Gasteiger partial charge in [-0.1, -0.05) is 166 Å². The Morgan fingerprint density at radius 3 is 1.69 bits per heavy atom. The summed E-state index contributed by atoms with van der Waals surface area (Å²) >= 11 is 0. The second-order valence-corrected chi connectivity index (χ2v) is 15.5. The van der Waals surface area contributed by atoms with Gasteiger partial charge < -0.3 is 9.88 Å². The third-order valence-corrected chi connectivity index (χ3v) is 12.3. The summed E-state index contributed by atoms with van der Waals surface area (Å²) in [6.45, 7) is 4.70. The molecule has 0 saturated carbocycles. The summed E-state index contributed by atoms with van der Waals surface area (Å²) in [4.78, 5) is 10.9. The summed E-state index contributed by atoms with van der Waals surface area (Å²) in [5, 5.41) is 0. The van der Waals surface area contributed by atoms with E-state index in [1.165, 1.54) is 44.6 Å². The zero-order valence-corrected chi connectivity index (χ0v) is 33.4. The topological polar surface area (TPSA) is 31.9 Å². The first-order valence-corrected chi connectivity index (χ1v) is 20.7. The van der Waals surface area contributed by atoms with Crippen LogP contribution in [0.3, 0.4) is 0 Å². The van der Waals surface area contributed by atoms with Crippen molar-refractivity contribution in [1.29, 1.82) is 0 Å². The van der Waals surface area contributed by atoms with Crippen LogP contribution in [0, 0.1) is 0 Å². The minimum atomic E-state index is -0.0724. The van der Waals surface area contributed by atoms with Crippen molar-refractivity contribution in [3.63, 3.8) is 0 Å². The fourth-order valence-corrected chi connectivity index (χ4v) is 9.20. The molecular formula is C56H45N3. The van der Waals surface area contributed by atoms with Gasteiger partial charge in [-0.2, -0.15) is 0 Å². The van der Waals surface area contributed by atoms with E-state index in [4.69, 9.17) is 4.98 Å². The minimum Gasteiger partial charge on any atom is -0.338 e. The number of nitrogens with one attached hydrogen (secondary N) is 1. The highest BCUT2D eigenvalue weighted by Crippen LogP contribution is 2.54. The number of aromatic amines is 1. The molecule has 10 rings (SSSR count). The predicted molar refractivity (Wildman–Crippen MR) is 249 cm³/mol. The average Bonchev–Trinajstić information content (AvgIpc) is 3.86. The monoisotopic (exact) mass is 759 g/mol. The first-order chi connectivity index (χ1) is 29.1. The second-order valence-electron chi connectivity index (χ2n) is 15.5. The van der Waals surface area contributed by atoms with Crippen molar-refractivity contribution in [1.82, 2.24) is 9.97 Å². The van der Waals surface area contributed by atoms with Gasteiger partial charge in [-0.05, 0) is 123 Å². The smallest absolute Gasteiger partial charge is 0.139 e. The van der Waals surface area contributed by atoms with E-state index >= 15 is 0 Å². The lowest BCUT2D eigenvalue weighted by Crippen LogP contribution is -2.23. The molecular weight excluding hydrogens is 715 g/mol. The molecule has 0 aliphatic heterocycles. The van der Waals surface area contributed by atoms with Crippen molar-refractivity contribution in [2.45, 2.75) is 32.1 Å². The molecule has 1 N–H and O–H groups in total. The van der Waals surface area contributed by atoms with Crippen LogP contribution in [0.1, 0.15) is 48.9 Å². The fourth-order valence-electron chi connectivity index (χ4n) is 9.20. The number of aromatic nitrogens is 2. The summed E-state index contributed by atoms with van der Waals surface area (Å²) in [5.74, 6) is 0.875. The lowest BCUT2D eigenvalue weighted by atomic mass is 9.73. The zero-order valence-electron chi connectivity index (χ0n) is 33.4. The second kappa shape index (κ2) is 15.3. The van der Waals surface area contributed by atoms with Crippen LogP contribution >= 0.6 is 0 Å². The maximum Gasteiger partial charge on any atom is 0.139 e. The molecule has 3 heteroatoms. The van der Waals surface area contributed by atoms with E-state index in [0.717, 1.165) is 63.3 Å². The van der Waals surface area contributed by atoms with Gasteiger partial charge in [0.05, 0.1) is 11.0 Å². The Kier molecular flexibility index (Phi) is 9.35. The lowest BCUT2D eigenvalue weighted by Gasteiger charge is -2.32. The van der Waals surface area contributed by atoms with Crippen molar-refractivity contribution >= 4 is 40.2 Å². The highest BCUT2D eigenvalue weighted by Gasteiger charge is 2.41. The summed E-state index contributed by atoms with van der Waals surface area (Å²) in [5.41, 5.74) is 19.1. The number of para-hydroxylation sites is 4. The Morgan fingerprint density at radius 1 is 0.458 bits per heavy atom. The van der Waals surface area contributed by atoms with E-state index < -0.39 is 0 Å². The van der Waals surface area contributed by atoms with E-state index in [0.29, 0.717) is 0 Å². The summed E-state index contributed by atoms with van der Waals surface area (Å²) in [6.07, 6.45) is 6.56. The molecule has 1 aromatic heterocycles. The van der Waals surface area contributed by atoms with E-state index in [2.05, 4.69) is 218 Å². The Balaban J connectivity index is 0.969. The van der Waals surface area contributed by atoms with Crippen molar-refractivity contribution < 1.29 is 0 Å². The molecule has 59 heavy (non-hydrogen) atoms. The van der Waals surface area contributed by atoms with Crippen LogP contribution in [-0.4, -0.2) is 9.97 Å². The molecule has 0 saturated heterocycles. The van der Waals surface area contributed by atoms with Gasteiger partial charge in [0, 0.05) is 28.0 Å². The largest absolute Gasteiger partial charge is 0.338 e. The number of H-pyrrole nitrogens is 1. The zero-order chi connectivity index (χ0) is 39.8. The molecule has 1 aliphatic rings. The molecule has 8 aromatic carbocycles. The van der Waals surface area contributed by atoms with Gasteiger partial charge in [0.25, 0.3) is 0 Å². The minimum absolute atomic E-state index is 0.0724. The molecule has 0 unspecified atom stereocenters. The molecule has 0 fully saturated rings. The molecule has 1 heterocycles. The average molecular weight is 760 g/mol. The van der Waals surface area contributed by atoms with Crippen LogP contribution in [0.15, 0.2) is 194 Å². The van der Waals surface area contributed by atoms with Gasteiger partial charge in [0.15, 0.2) is 0 Å². The Labute approximate surface area is 347 Å². The highest BCUT2D eigenvalue weighted by molar-refractivity contribution is 5.90. The summed E-state index contributed by atoms with van der Waals surface area (Å²) in [6, 6.07) is 70.0. The van der Waals surface area contributed by atoms with E-state index in [1.807, 2.05) is 12.1 Å². The Bertz CT molecular complexity index is 2870. The molecule has 3 nitrogen and oxygen atoms in total. The third kappa shape index (κ3) is 6.55. The number of fused-ring (bicyclic) bond motifs is 4. The number of nitrogens with zero attached hydrogens (tertiary/aromatic N) is 2. The van der Waals surface area contributed by atoms with Crippen LogP contribution < -0.4 is 4.90 Å². The first kappa shape index (κ1) is 36.1. The van der Waals surface area contributed by atoms with Crippen LogP contribution in [0.5, 0.6) is 0 Å². The fraction of sp³-hybridized carbons (Fsp3) is 0.0893. The summed E-state index contributed by atoms with van der Waals surface area (Å²) < 4.78 is 0. The lowest BCUT2D eigenvalue weighted by molar-refractivity contribution is 0.490. The SMILES string of the molecule is CCC1(CC)c2cc(/C=C/c3ccc(-c4cc(-c5ccccc5)ccc4-c4nc5ccccc5[nH]4)cc3)ccc2-c2ccc(N(c3ccccc3)c3ccccc3)cc21. The quantitative estimate of drug-likeness (QED) is 0.141. The molecule has 0 bridgehead atoms. The van der Waals surface area contributed by atoms with Crippen molar-refractivity contribution in [3.8, 4) is 44.8 Å². The van der Waals surface area contributed by atoms with Crippen LogP contribution in [0.4, 0.5) is 17.1 Å². The van der Waals surface area contributed by atoms with Gasteiger partial charge in [-0.15, -0.1) is 0 Å². The molecule has 9 aromatic rings. The van der Waals surface area contributed by atoms with Gasteiger partial charge in [-0.3, -0.25) is 0 Å². The van der Waals surface area contributed by atoms with E-state index in [-0.39, 0.29) is 5.41 Å². The number of anilines is 3. The number of hydrogen-bond donors (Lipinski definition) is 1. The maximum atomic E-state index is 4.98.